The molecule has 15 heteroatoms. The van der Waals surface area contributed by atoms with Gasteiger partial charge in [-0.15, -0.1) is 47.2 Å². The van der Waals surface area contributed by atoms with Gasteiger partial charge in [-0.3, -0.25) is 28.8 Å². The van der Waals surface area contributed by atoms with Crippen LogP contribution in [0.4, 0.5) is 22.7 Å². The van der Waals surface area contributed by atoms with Gasteiger partial charge in [0.1, 0.15) is 0 Å². The summed E-state index contributed by atoms with van der Waals surface area (Å²) in [7, 11) is -6.63. The first kappa shape index (κ1) is 52.3. The quantitative estimate of drug-likeness (QED) is 0.0340. The monoisotopic (exact) mass is 1100 g/mol. The Hall–Kier alpha value is -9.08. The number of rotatable bonds is 18. The van der Waals surface area contributed by atoms with Crippen LogP contribution < -0.4 is 62.4 Å². The van der Waals surface area contributed by atoms with Gasteiger partial charge in [0.15, 0.2) is 0 Å². The summed E-state index contributed by atoms with van der Waals surface area (Å²) in [5, 5.41) is 19.8. The molecule has 6 amide bonds. The molecule has 10 aromatic carbocycles. The van der Waals surface area contributed by atoms with Crippen molar-refractivity contribution in [2.45, 2.75) is 0 Å². The molecule has 0 heterocycles. The van der Waals surface area contributed by atoms with E-state index in [1.807, 2.05) is 194 Å². The van der Waals surface area contributed by atoms with E-state index in [4.69, 9.17) is 0 Å². The Morgan fingerprint density at radius 2 is 0.627 bits per heavy atom. The maximum atomic E-state index is 13.8. The van der Waals surface area contributed by atoms with Crippen molar-refractivity contribution in [2.24, 2.45) is 0 Å². The van der Waals surface area contributed by atoms with E-state index in [2.05, 4.69) is 31.2 Å². The van der Waals surface area contributed by atoms with Gasteiger partial charge in [0, 0.05) is 11.1 Å². The topological polar surface area (TPSA) is 175 Å². The second kappa shape index (κ2) is 24.1. The first-order valence-electron chi connectivity index (χ1n) is 23.6. The Morgan fingerprint density at radius 3 is 0.907 bits per heavy atom. The van der Waals surface area contributed by atoms with Gasteiger partial charge < -0.3 is 31.2 Å². The molecular weight excluding hydrogens is 1050 g/mol. The van der Waals surface area contributed by atoms with Crippen LogP contribution in [0.25, 0.3) is 21.5 Å². The molecule has 75 heavy (non-hydrogen) atoms. The average Bonchev–Trinajstić information content (AvgIpc) is 4.06. The molecule has 0 aromatic heterocycles. The first-order valence-corrected chi connectivity index (χ1v) is 27.6. The predicted octanol–water partition coefficient (Wildman–Crippen LogP) is 6.18. The van der Waals surface area contributed by atoms with Crippen LogP contribution in [0.2, 0.25) is 0 Å². The van der Waals surface area contributed by atoms with Crippen LogP contribution in [-0.2, 0) is 40.2 Å². The van der Waals surface area contributed by atoms with Crippen LogP contribution in [0, 0.1) is 0 Å². The average molecular weight is 1100 g/mol. The molecule has 0 aliphatic heterocycles. The van der Waals surface area contributed by atoms with Crippen LogP contribution in [0.15, 0.2) is 231 Å². The third-order valence-corrected chi connectivity index (χ3v) is 21.4. The summed E-state index contributed by atoms with van der Waals surface area (Å²) < 4.78 is 0. The van der Waals surface area contributed by atoms with Crippen LogP contribution in [0.5, 0.6) is 0 Å². The number of fused-ring (bicyclic) bond motifs is 2. The van der Waals surface area contributed by atoms with Gasteiger partial charge in [-0.05, 0) is 56.4 Å². The molecule has 0 aliphatic carbocycles. The van der Waals surface area contributed by atoms with Gasteiger partial charge >= 0.3 is 21.1 Å². The molecule has 0 atom stereocenters. The Kier molecular flexibility index (Phi) is 16.8. The zero-order valence-electron chi connectivity index (χ0n) is 40.1. The third kappa shape index (κ3) is 10.4. The normalized spacial score (nSPS) is 10.9. The molecule has 0 aliphatic rings. The Balaban J connectivity index is 0.000000197. The van der Waals surface area contributed by atoms with E-state index in [9.17, 15) is 28.8 Å². The van der Waals surface area contributed by atoms with Gasteiger partial charge in [0.05, 0.1) is 0 Å². The molecule has 0 fully saturated rings. The van der Waals surface area contributed by atoms with Crippen molar-refractivity contribution in [3.05, 3.63) is 242 Å². The van der Waals surface area contributed by atoms with E-state index in [0.29, 0.717) is 70.3 Å². The molecule has 0 unspecified atom stereocenters. The molecule has 10 aromatic rings. The largest absolute Gasteiger partial charge is 2.00 e. The summed E-state index contributed by atoms with van der Waals surface area (Å²) in [4.78, 5) is 81.1. The minimum atomic E-state index is -3.32. The summed E-state index contributed by atoms with van der Waals surface area (Å²) >= 11 is 0. The zero-order valence-corrected chi connectivity index (χ0v) is 44.1. The summed E-state index contributed by atoms with van der Waals surface area (Å²) in [5.41, 5.74) is 3.33. The number of hydrogen-bond acceptors (Lipinski definition) is 6. The molecule has 368 valence electrons. The Bertz CT molecular complexity index is 3270. The molecule has 0 radical (unpaired) electrons. The Morgan fingerprint density at radius 1 is 0.347 bits per heavy atom. The number of carbonyl (C=O) groups is 6. The number of amides is 6. The smallest absolute Gasteiger partial charge is 0.376 e. The van der Waals surface area contributed by atoms with Crippen LogP contribution in [0.1, 0.15) is 20.7 Å². The fourth-order valence-electron chi connectivity index (χ4n) is 9.84. The van der Waals surface area contributed by atoms with Gasteiger partial charge in [0.25, 0.3) is 0 Å². The van der Waals surface area contributed by atoms with E-state index >= 15 is 0 Å². The fraction of sp³-hybridized carbons (Fsp3) is 0. The molecule has 6 N–H and O–H groups in total. The molecule has 0 saturated carbocycles. The van der Waals surface area contributed by atoms with Crippen molar-refractivity contribution < 1.29 is 49.8 Å². The molecule has 0 saturated heterocycles. The van der Waals surface area contributed by atoms with Crippen LogP contribution in [0.3, 0.4) is 0 Å². The number of anilines is 4. The summed E-state index contributed by atoms with van der Waals surface area (Å²) in [6.07, 6.45) is 2.49. The maximum Gasteiger partial charge on any atom is 2.00 e. The molecular formula is C60H48MoN6O6Si2. The van der Waals surface area contributed by atoms with Crippen molar-refractivity contribution in [3.8, 4) is 0 Å². The van der Waals surface area contributed by atoms with Crippen LogP contribution >= 0.6 is 0 Å². The predicted molar refractivity (Wildman–Crippen MR) is 301 cm³/mol. The van der Waals surface area contributed by atoms with E-state index in [1.54, 1.807) is 36.4 Å². The number of carbonyl (C=O) groups excluding carboxylic acids is 6. The summed E-state index contributed by atoms with van der Waals surface area (Å²) in [6, 6.07) is 72.7. The van der Waals surface area contributed by atoms with E-state index in [0.717, 1.165) is 41.9 Å². The molecule has 10 rings (SSSR count). The van der Waals surface area contributed by atoms with Crippen molar-refractivity contribution in [2.75, 3.05) is 21.3 Å². The summed E-state index contributed by atoms with van der Waals surface area (Å²) in [5.74, 6) is -0.429. The first-order chi connectivity index (χ1) is 36.4. The maximum absolute atomic E-state index is 13.8. The number of hydrogen-bond donors (Lipinski definition) is 6. The minimum absolute atomic E-state index is 0. The zero-order chi connectivity index (χ0) is 51.3. The van der Waals surface area contributed by atoms with E-state index < -0.39 is 16.5 Å². The van der Waals surface area contributed by atoms with Gasteiger partial charge in [0.2, 0.25) is 53.9 Å². The fourth-order valence-corrected chi connectivity index (χ4v) is 18.2. The van der Waals surface area contributed by atoms with E-state index in [1.165, 1.54) is 0 Å². The van der Waals surface area contributed by atoms with Gasteiger partial charge in [-0.2, -0.15) is 0 Å². The number of benzene rings is 8. The summed E-state index contributed by atoms with van der Waals surface area (Å²) in [6.45, 7) is 0. The van der Waals surface area contributed by atoms with Gasteiger partial charge in [-0.25, -0.2) is 0 Å². The standard InChI is InChI=1S/2C30H24N3O3Si.Mo/c2*34-20-31-26-18-10-13-23-19-27(29(28(23)26)32-21-35)37(24-14-6-2-7-15-24,25-16-8-3-9-17-25)33-30(36)22-11-4-1-5-12-22;/h2*1-21H,(H,31,34)(H,32,35)(H,33,36);/q2*-1;+2. The Labute approximate surface area is 449 Å². The van der Waals surface area contributed by atoms with Crippen molar-refractivity contribution in [1.82, 2.24) is 9.96 Å². The molecule has 0 bridgehead atoms. The van der Waals surface area contributed by atoms with Crippen LogP contribution in [-0.4, -0.2) is 53.9 Å². The third-order valence-electron chi connectivity index (χ3n) is 13.0. The van der Waals surface area contributed by atoms with Crippen molar-refractivity contribution in [3.63, 3.8) is 0 Å². The SMILES string of the molecule is O=CNc1cccc2[cH-]c([Si](NC(=O)c3ccccc3)(c3ccccc3)c3ccccc3)c(NC=O)c12.O=CNc1cccc2[cH-]c([Si](NC(=O)c3ccccc3)(c3ccccc3)c3ccccc3)c(NC=O)c12.[Mo+2]. The second-order valence-corrected chi connectivity index (χ2v) is 23.9. The molecule has 12 nitrogen and oxygen atoms in total. The molecule has 0 spiro atoms. The van der Waals surface area contributed by atoms with Crippen molar-refractivity contribution in [1.29, 1.82) is 0 Å². The van der Waals surface area contributed by atoms with Crippen molar-refractivity contribution >= 4 is 129 Å². The van der Waals surface area contributed by atoms with E-state index in [-0.39, 0.29) is 32.9 Å². The minimum Gasteiger partial charge on any atom is -0.376 e. The van der Waals surface area contributed by atoms with Gasteiger partial charge in [-0.1, -0.05) is 202 Å². The number of nitrogens with one attached hydrogen (secondary N) is 6. The second-order valence-electron chi connectivity index (χ2n) is 17.1.